The highest BCUT2D eigenvalue weighted by Crippen LogP contribution is 2.23. The molecule has 3 rings (SSSR count). The molecule has 3 amide bonds. The highest BCUT2D eigenvalue weighted by Gasteiger charge is 2.36. The van der Waals surface area contributed by atoms with E-state index in [1.165, 1.54) is 12.1 Å². The van der Waals surface area contributed by atoms with Crippen molar-refractivity contribution in [1.82, 2.24) is 9.88 Å². The minimum absolute atomic E-state index is 0.105. The van der Waals surface area contributed by atoms with Crippen LogP contribution in [0, 0.1) is 5.82 Å². The van der Waals surface area contributed by atoms with Crippen LogP contribution in [0.5, 0.6) is 0 Å². The average molecular weight is 378 g/mol. The molecule has 1 aromatic heterocycles. The Hall–Kier alpha value is -2.61. The van der Waals surface area contributed by atoms with Crippen LogP contribution in [0.4, 0.5) is 10.2 Å². The van der Waals surface area contributed by atoms with Crippen molar-refractivity contribution in [1.29, 1.82) is 0 Å². The van der Waals surface area contributed by atoms with Crippen molar-refractivity contribution in [2.24, 2.45) is 0 Å². The molecule has 1 aromatic carbocycles. The Balaban J connectivity index is 1.74. The zero-order chi connectivity index (χ0) is 16.6. The van der Waals surface area contributed by atoms with E-state index in [1.807, 2.05) is 0 Å². The van der Waals surface area contributed by atoms with E-state index in [0.717, 1.165) is 17.2 Å². The fourth-order valence-corrected chi connectivity index (χ4v) is 2.62. The number of aromatic nitrogens is 1. The molecule has 0 fully saturated rings. The van der Waals surface area contributed by atoms with Gasteiger partial charge in [-0.05, 0) is 34.1 Å². The minimum atomic E-state index is -0.612. The van der Waals surface area contributed by atoms with Gasteiger partial charge in [0.15, 0.2) is 0 Å². The number of amides is 3. The van der Waals surface area contributed by atoms with Crippen LogP contribution in [-0.2, 0) is 4.79 Å². The highest BCUT2D eigenvalue weighted by atomic mass is 79.9. The first kappa shape index (κ1) is 15.3. The van der Waals surface area contributed by atoms with Crippen molar-refractivity contribution in [3.8, 4) is 0 Å². The first-order valence-electron chi connectivity index (χ1n) is 6.53. The largest absolute Gasteiger partial charge is 0.308 e. The second kappa shape index (κ2) is 5.88. The van der Waals surface area contributed by atoms with Gasteiger partial charge in [0.05, 0.1) is 21.8 Å². The van der Waals surface area contributed by atoms with Crippen LogP contribution < -0.4 is 5.32 Å². The van der Waals surface area contributed by atoms with Crippen molar-refractivity contribution < 1.29 is 18.8 Å². The normalized spacial score (nSPS) is 13.2. The Labute approximate surface area is 138 Å². The molecule has 1 aliphatic rings. The van der Waals surface area contributed by atoms with Gasteiger partial charge in [0.2, 0.25) is 5.91 Å². The number of carbonyl (C=O) groups is 3. The fourth-order valence-electron chi connectivity index (χ4n) is 2.20. The van der Waals surface area contributed by atoms with Crippen molar-refractivity contribution in [3.05, 3.63) is 57.9 Å². The summed E-state index contributed by atoms with van der Waals surface area (Å²) in [4.78, 5) is 40.9. The number of rotatable bonds is 3. The molecular weight excluding hydrogens is 369 g/mol. The monoisotopic (exact) mass is 377 g/mol. The number of carbonyl (C=O) groups excluding carboxylic acids is 3. The quantitative estimate of drug-likeness (QED) is 0.831. The summed E-state index contributed by atoms with van der Waals surface area (Å²) in [7, 11) is 0. The zero-order valence-electron chi connectivity index (χ0n) is 11.5. The van der Waals surface area contributed by atoms with Crippen molar-refractivity contribution in [3.63, 3.8) is 0 Å². The highest BCUT2D eigenvalue weighted by molar-refractivity contribution is 9.10. The van der Waals surface area contributed by atoms with Crippen molar-refractivity contribution >= 4 is 39.5 Å². The number of hydrogen-bond donors (Lipinski definition) is 1. The third-order valence-electron chi connectivity index (χ3n) is 3.25. The summed E-state index contributed by atoms with van der Waals surface area (Å²) in [6.07, 6.45) is 0.947. The lowest BCUT2D eigenvalue weighted by Gasteiger charge is -2.13. The molecule has 0 atom stereocenters. The first-order chi connectivity index (χ1) is 11.0. The van der Waals surface area contributed by atoms with Gasteiger partial charge in [0, 0.05) is 0 Å². The lowest BCUT2D eigenvalue weighted by Crippen LogP contribution is -2.37. The summed E-state index contributed by atoms with van der Waals surface area (Å²) in [5, 5.41) is 2.42. The topological polar surface area (TPSA) is 79.4 Å². The number of fused-ring (bicyclic) bond motifs is 1. The molecular formula is C15H9BrFN3O3. The SMILES string of the molecule is O=C(CN1C(=O)c2ccccc2C1=O)Nc1ncc(F)cc1Br. The summed E-state index contributed by atoms with van der Waals surface area (Å²) >= 11 is 3.07. The van der Waals surface area contributed by atoms with Crippen LogP contribution >= 0.6 is 15.9 Å². The maximum atomic E-state index is 13.0. The number of anilines is 1. The lowest BCUT2D eigenvalue weighted by molar-refractivity contribution is -0.116. The van der Waals surface area contributed by atoms with Crippen molar-refractivity contribution in [2.45, 2.75) is 0 Å². The van der Waals surface area contributed by atoms with E-state index in [2.05, 4.69) is 26.2 Å². The number of benzene rings is 1. The number of pyridine rings is 1. The molecule has 0 aliphatic carbocycles. The Morgan fingerprint density at radius 3 is 2.39 bits per heavy atom. The van der Waals surface area contributed by atoms with Crippen LogP contribution in [-0.4, -0.2) is 34.2 Å². The van der Waals surface area contributed by atoms with E-state index >= 15 is 0 Å². The molecule has 0 bridgehead atoms. The number of nitrogens with one attached hydrogen (secondary N) is 1. The van der Waals surface area contributed by atoms with E-state index in [4.69, 9.17) is 0 Å². The molecule has 116 valence electrons. The summed E-state index contributed by atoms with van der Waals surface area (Å²) in [5.74, 6) is -2.11. The van der Waals surface area contributed by atoms with Gasteiger partial charge in [-0.3, -0.25) is 19.3 Å². The molecule has 23 heavy (non-hydrogen) atoms. The standard InChI is InChI=1S/C15H9BrFN3O3/c16-11-5-8(17)6-18-13(11)19-12(21)7-20-14(22)9-3-1-2-4-10(9)15(20)23/h1-6H,7H2,(H,18,19,21). The Morgan fingerprint density at radius 1 is 1.22 bits per heavy atom. The van der Waals surface area contributed by atoms with Crippen LogP contribution in [0.1, 0.15) is 20.7 Å². The summed E-state index contributed by atoms with van der Waals surface area (Å²) in [6.45, 7) is -0.447. The van der Waals surface area contributed by atoms with Gasteiger partial charge in [-0.25, -0.2) is 9.37 Å². The molecule has 2 aromatic rings. The third-order valence-corrected chi connectivity index (χ3v) is 3.85. The van der Waals surface area contributed by atoms with Gasteiger partial charge in [-0.15, -0.1) is 0 Å². The molecule has 6 nitrogen and oxygen atoms in total. The van der Waals surface area contributed by atoms with Crippen LogP contribution in [0.3, 0.4) is 0 Å². The van der Waals surface area contributed by atoms with Gasteiger partial charge < -0.3 is 5.32 Å². The Bertz CT molecular complexity index is 805. The third kappa shape index (κ3) is 2.85. The average Bonchev–Trinajstić information content (AvgIpc) is 2.76. The summed E-state index contributed by atoms with van der Waals surface area (Å²) in [6, 6.07) is 7.50. The Morgan fingerprint density at radius 2 is 1.83 bits per heavy atom. The number of halogens is 2. The molecule has 0 saturated carbocycles. The van der Waals surface area contributed by atoms with Gasteiger partial charge >= 0.3 is 0 Å². The molecule has 2 heterocycles. The van der Waals surface area contributed by atoms with Gasteiger partial charge in [-0.1, -0.05) is 12.1 Å². The number of hydrogen-bond acceptors (Lipinski definition) is 4. The maximum absolute atomic E-state index is 13.0. The van der Waals surface area contributed by atoms with E-state index in [1.54, 1.807) is 12.1 Å². The maximum Gasteiger partial charge on any atom is 0.262 e. The minimum Gasteiger partial charge on any atom is -0.308 e. The number of imide groups is 1. The predicted molar refractivity (Wildman–Crippen MR) is 82.3 cm³/mol. The first-order valence-corrected chi connectivity index (χ1v) is 7.33. The van der Waals surface area contributed by atoms with Crippen LogP contribution in [0.15, 0.2) is 41.0 Å². The van der Waals surface area contributed by atoms with Gasteiger partial charge in [-0.2, -0.15) is 0 Å². The molecule has 0 spiro atoms. The number of nitrogens with zero attached hydrogens (tertiary/aromatic N) is 2. The molecule has 0 radical (unpaired) electrons. The second-order valence-corrected chi connectivity index (χ2v) is 5.63. The predicted octanol–water partition coefficient (Wildman–Crippen LogP) is 2.22. The zero-order valence-corrected chi connectivity index (χ0v) is 13.1. The Kier molecular flexibility index (Phi) is 3.91. The van der Waals surface area contributed by atoms with E-state index in [0.29, 0.717) is 0 Å². The molecule has 1 N–H and O–H groups in total. The summed E-state index contributed by atoms with van der Waals surface area (Å²) < 4.78 is 13.2. The molecule has 8 heteroatoms. The summed E-state index contributed by atoms with van der Waals surface area (Å²) in [5.41, 5.74) is 0.540. The van der Waals surface area contributed by atoms with Gasteiger partial charge in [0.25, 0.3) is 11.8 Å². The van der Waals surface area contributed by atoms with Crippen LogP contribution in [0.25, 0.3) is 0 Å². The smallest absolute Gasteiger partial charge is 0.262 e. The molecule has 0 saturated heterocycles. The van der Waals surface area contributed by atoms with E-state index < -0.39 is 30.1 Å². The molecule has 1 aliphatic heterocycles. The molecule has 0 unspecified atom stereocenters. The van der Waals surface area contributed by atoms with Crippen molar-refractivity contribution in [2.75, 3.05) is 11.9 Å². The second-order valence-electron chi connectivity index (χ2n) is 4.77. The van der Waals surface area contributed by atoms with E-state index in [9.17, 15) is 18.8 Å². The fraction of sp³-hybridized carbons (Fsp3) is 0.0667. The lowest BCUT2D eigenvalue weighted by atomic mass is 10.1. The van der Waals surface area contributed by atoms with E-state index in [-0.39, 0.29) is 21.4 Å². The van der Waals surface area contributed by atoms with Crippen LogP contribution in [0.2, 0.25) is 0 Å². The van der Waals surface area contributed by atoms with Gasteiger partial charge in [0.1, 0.15) is 18.2 Å².